The van der Waals surface area contributed by atoms with Crippen LogP contribution in [-0.4, -0.2) is 30.4 Å². The van der Waals surface area contributed by atoms with Crippen LogP contribution in [0.3, 0.4) is 0 Å². The second-order valence-electron chi connectivity index (χ2n) is 5.68. The molecule has 0 saturated heterocycles. The number of halogens is 2. The van der Waals surface area contributed by atoms with Crippen LogP contribution in [0.25, 0.3) is 0 Å². The van der Waals surface area contributed by atoms with E-state index in [9.17, 15) is 4.79 Å². The molecule has 0 spiro atoms. The Morgan fingerprint density at radius 1 is 1.23 bits per heavy atom. The molecule has 0 aliphatic heterocycles. The fraction of sp³-hybridized carbons (Fsp3) is 0.263. The largest absolute Gasteiger partial charge is 0.366 e. The van der Waals surface area contributed by atoms with E-state index in [0.717, 1.165) is 29.1 Å². The Morgan fingerprint density at radius 3 is 2.62 bits per heavy atom. The van der Waals surface area contributed by atoms with E-state index in [1.807, 2.05) is 44.3 Å². The molecule has 0 aliphatic rings. The fourth-order valence-electron chi connectivity index (χ4n) is 2.42. The zero-order valence-corrected chi connectivity index (χ0v) is 18.8. The van der Waals surface area contributed by atoms with Crippen LogP contribution in [0, 0.1) is 0 Å². The van der Waals surface area contributed by atoms with E-state index >= 15 is 0 Å². The first-order chi connectivity index (χ1) is 12.0. The van der Waals surface area contributed by atoms with Crippen LogP contribution in [0.4, 0.5) is 0 Å². The van der Waals surface area contributed by atoms with Gasteiger partial charge in [0.2, 0.25) is 5.91 Å². The van der Waals surface area contributed by atoms with Crippen LogP contribution in [-0.2, 0) is 13.1 Å². The van der Waals surface area contributed by atoms with Crippen LogP contribution in [0.5, 0.6) is 0 Å². The van der Waals surface area contributed by atoms with Gasteiger partial charge >= 0.3 is 0 Å². The molecule has 0 heterocycles. The summed E-state index contributed by atoms with van der Waals surface area (Å²) in [6, 6.07) is 15.4. The van der Waals surface area contributed by atoms with Gasteiger partial charge in [0, 0.05) is 30.2 Å². The van der Waals surface area contributed by atoms with Gasteiger partial charge in [-0.05, 0) is 36.2 Å². The summed E-state index contributed by atoms with van der Waals surface area (Å²) < 4.78 is 1.08. The van der Waals surface area contributed by atoms with Crippen molar-refractivity contribution >= 4 is 51.8 Å². The number of carbonyl (C=O) groups excluding carboxylic acids is 1. The second kappa shape index (κ2) is 11.2. The van der Waals surface area contributed by atoms with Crippen molar-refractivity contribution in [3.05, 3.63) is 69.7 Å². The molecule has 0 aromatic heterocycles. The van der Waals surface area contributed by atoms with E-state index in [-0.39, 0.29) is 24.0 Å². The molecule has 0 atom stereocenters. The number of rotatable bonds is 6. The number of hydrogen-bond donors (Lipinski definition) is 2. The summed E-state index contributed by atoms with van der Waals surface area (Å²) >= 11 is 3.58. The quantitative estimate of drug-likeness (QED) is 0.339. The van der Waals surface area contributed by atoms with Crippen molar-refractivity contribution in [2.75, 3.05) is 13.6 Å². The van der Waals surface area contributed by atoms with E-state index in [4.69, 9.17) is 5.73 Å². The average molecular weight is 531 g/mol. The predicted octanol–water partition coefficient (Wildman–Crippen LogP) is 3.76. The number of nitrogens with one attached hydrogen (secondary N) is 1. The van der Waals surface area contributed by atoms with Crippen molar-refractivity contribution in [3.63, 3.8) is 0 Å². The van der Waals surface area contributed by atoms with E-state index in [2.05, 4.69) is 37.2 Å². The van der Waals surface area contributed by atoms with Crippen molar-refractivity contribution in [2.45, 2.75) is 20.0 Å². The van der Waals surface area contributed by atoms with Crippen LogP contribution < -0.4 is 11.1 Å². The molecule has 2 aromatic carbocycles. The highest BCUT2D eigenvalue weighted by Crippen LogP contribution is 2.17. The Morgan fingerprint density at radius 2 is 1.96 bits per heavy atom. The number of amides is 1. The van der Waals surface area contributed by atoms with Gasteiger partial charge in [-0.3, -0.25) is 4.79 Å². The lowest BCUT2D eigenvalue weighted by molar-refractivity contribution is 0.1000. The molecule has 2 aromatic rings. The standard InChI is InChI=1S/C19H23BrN4O.HI/c1-3-22-19(24(2)13-16-8-4-5-10-17(16)20)23-12-14-7-6-9-15(11-14)18(21)25;/h4-11H,3,12-13H2,1-2H3,(H2,21,25)(H,22,23);1H. The second-order valence-corrected chi connectivity index (χ2v) is 6.54. The summed E-state index contributed by atoms with van der Waals surface area (Å²) in [5.74, 6) is 0.381. The van der Waals surface area contributed by atoms with Crippen LogP contribution in [0.15, 0.2) is 58.0 Å². The lowest BCUT2D eigenvalue weighted by atomic mass is 10.1. The molecular formula is C19H24BrIN4O. The van der Waals surface area contributed by atoms with Crippen molar-refractivity contribution in [2.24, 2.45) is 10.7 Å². The highest BCUT2D eigenvalue weighted by atomic mass is 127. The van der Waals surface area contributed by atoms with Gasteiger partial charge in [-0.2, -0.15) is 0 Å². The predicted molar refractivity (Wildman–Crippen MR) is 121 cm³/mol. The summed E-state index contributed by atoms with van der Waals surface area (Å²) in [7, 11) is 2.00. The zero-order chi connectivity index (χ0) is 18.2. The maximum atomic E-state index is 11.3. The minimum Gasteiger partial charge on any atom is -0.366 e. The third-order valence-corrected chi connectivity index (χ3v) is 4.46. The van der Waals surface area contributed by atoms with Gasteiger partial charge in [0.1, 0.15) is 0 Å². The normalized spacial score (nSPS) is 10.8. The molecule has 3 N–H and O–H groups in total. The number of carbonyl (C=O) groups is 1. The number of guanidine groups is 1. The summed E-state index contributed by atoms with van der Waals surface area (Å²) in [4.78, 5) is 18.0. The number of benzene rings is 2. The van der Waals surface area contributed by atoms with E-state index < -0.39 is 5.91 Å². The Kier molecular flexibility index (Phi) is 9.64. The van der Waals surface area contributed by atoms with E-state index in [1.54, 1.807) is 12.1 Å². The van der Waals surface area contributed by atoms with Crippen molar-refractivity contribution in [1.82, 2.24) is 10.2 Å². The van der Waals surface area contributed by atoms with Gasteiger partial charge in [0.15, 0.2) is 5.96 Å². The van der Waals surface area contributed by atoms with Crippen LogP contribution in [0.1, 0.15) is 28.4 Å². The molecule has 0 aliphatic carbocycles. The SMILES string of the molecule is CCNC(=NCc1cccc(C(N)=O)c1)N(C)Cc1ccccc1Br.I. The Labute approximate surface area is 180 Å². The monoisotopic (exact) mass is 530 g/mol. The number of nitrogens with zero attached hydrogens (tertiary/aromatic N) is 2. The zero-order valence-electron chi connectivity index (χ0n) is 14.9. The molecule has 26 heavy (non-hydrogen) atoms. The molecule has 0 fully saturated rings. The molecule has 0 bridgehead atoms. The number of nitrogens with two attached hydrogens (primary N) is 1. The average Bonchev–Trinajstić information content (AvgIpc) is 2.60. The molecule has 7 heteroatoms. The Bertz CT molecular complexity index is 767. The number of aliphatic imine (C=N–C) groups is 1. The minimum atomic E-state index is -0.427. The van der Waals surface area contributed by atoms with E-state index in [1.165, 1.54) is 5.56 Å². The third kappa shape index (κ3) is 6.60. The summed E-state index contributed by atoms with van der Waals surface area (Å²) in [5, 5.41) is 3.30. The first kappa shape index (κ1) is 22.4. The maximum Gasteiger partial charge on any atom is 0.248 e. The van der Waals surface area contributed by atoms with Gasteiger partial charge in [-0.25, -0.2) is 4.99 Å². The highest BCUT2D eigenvalue weighted by Gasteiger charge is 2.09. The van der Waals surface area contributed by atoms with Gasteiger partial charge in [0.05, 0.1) is 6.54 Å². The molecule has 2 rings (SSSR count). The van der Waals surface area contributed by atoms with Gasteiger partial charge in [-0.1, -0.05) is 46.3 Å². The van der Waals surface area contributed by atoms with Crippen LogP contribution >= 0.6 is 39.9 Å². The van der Waals surface area contributed by atoms with Crippen molar-refractivity contribution < 1.29 is 4.79 Å². The molecule has 140 valence electrons. The number of hydrogen-bond acceptors (Lipinski definition) is 2. The topological polar surface area (TPSA) is 70.7 Å². The first-order valence-electron chi connectivity index (χ1n) is 8.13. The number of primary amides is 1. The fourth-order valence-corrected chi connectivity index (χ4v) is 2.83. The molecule has 1 amide bonds. The van der Waals surface area contributed by atoms with Gasteiger partial charge < -0.3 is 16.0 Å². The lowest BCUT2D eigenvalue weighted by Crippen LogP contribution is -2.38. The van der Waals surface area contributed by atoms with Gasteiger partial charge in [0.25, 0.3) is 0 Å². The third-order valence-electron chi connectivity index (χ3n) is 3.68. The molecule has 5 nitrogen and oxygen atoms in total. The Hall–Kier alpha value is -1.61. The maximum absolute atomic E-state index is 11.3. The highest BCUT2D eigenvalue weighted by molar-refractivity contribution is 14.0. The minimum absolute atomic E-state index is 0. The molecule has 0 unspecified atom stereocenters. The van der Waals surface area contributed by atoms with Crippen molar-refractivity contribution in [3.8, 4) is 0 Å². The molecule has 0 saturated carbocycles. The summed E-state index contributed by atoms with van der Waals surface area (Å²) in [6.07, 6.45) is 0. The lowest BCUT2D eigenvalue weighted by Gasteiger charge is -2.22. The molecular weight excluding hydrogens is 507 g/mol. The molecule has 0 radical (unpaired) electrons. The van der Waals surface area contributed by atoms with Crippen LogP contribution in [0.2, 0.25) is 0 Å². The van der Waals surface area contributed by atoms with Crippen molar-refractivity contribution in [1.29, 1.82) is 0 Å². The van der Waals surface area contributed by atoms with E-state index in [0.29, 0.717) is 12.1 Å². The Balaban J connectivity index is 0.00000338. The first-order valence-corrected chi connectivity index (χ1v) is 8.92. The van der Waals surface area contributed by atoms with Gasteiger partial charge in [-0.15, -0.1) is 24.0 Å². The summed E-state index contributed by atoms with van der Waals surface area (Å²) in [5.41, 5.74) is 7.97. The smallest absolute Gasteiger partial charge is 0.248 e. The summed E-state index contributed by atoms with van der Waals surface area (Å²) in [6.45, 7) is 4.02.